The normalized spacial score (nSPS) is 14.9. The van der Waals surface area contributed by atoms with E-state index in [4.69, 9.17) is 0 Å². The molecule has 2 aliphatic carbocycles. The van der Waals surface area contributed by atoms with Gasteiger partial charge in [-0.2, -0.15) is 0 Å². The van der Waals surface area contributed by atoms with Crippen molar-refractivity contribution in [2.75, 3.05) is 21.3 Å². The number of urea groups is 2. The SMILES string of the molecule is CCCCCCC1(CCCCCC)c2cc(C)ccc2-c2ccc(C(C)(CC)C(C)(CC)c3ccc4c(c3)C(c3ccc(NC(=O)Nc5ccccc5)cc3)(c3ccc(NC(=O)Nc5ccccc5)cc3)c3cc(C(C)(C)CC)ccc3-4)cc21. The predicted octanol–water partition coefficient (Wildman–Crippen LogP) is 21.6. The van der Waals surface area contributed by atoms with Crippen LogP contribution in [0.3, 0.4) is 0 Å². The van der Waals surface area contributed by atoms with Gasteiger partial charge in [-0.15, -0.1) is 0 Å². The van der Waals surface area contributed by atoms with Gasteiger partial charge in [0.05, 0.1) is 5.41 Å². The first-order valence-corrected chi connectivity index (χ1v) is 31.6. The molecule has 10 rings (SSSR count). The fourth-order valence-electron chi connectivity index (χ4n) is 14.5. The number of rotatable bonds is 23. The van der Waals surface area contributed by atoms with Gasteiger partial charge in [0.25, 0.3) is 0 Å². The van der Waals surface area contributed by atoms with Crippen molar-refractivity contribution in [1.29, 1.82) is 0 Å². The summed E-state index contributed by atoms with van der Waals surface area (Å²) in [7, 11) is 0. The monoisotopic (exact) mass is 1110 g/mol. The zero-order valence-corrected chi connectivity index (χ0v) is 51.8. The van der Waals surface area contributed by atoms with Gasteiger partial charge in [-0.1, -0.05) is 253 Å². The van der Waals surface area contributed by atoms with Gasteiger partial charge >= 0.3 is 12.1 Å². The Hall–Kier alpha value is -7.70. The van der Waals surface area contributed by atoms with Crippen LogP contribution in [0.2, 0.25) is 0 Å². The molecule has 2 atom stereocenters. The summed E-state index contributed by atoms with van der Waals surface area (Å²) >= 11 is 0. The molecule has 6 heteroatoms. The molecule has 0 heterocycles. The zero-order chi connectivity index (χ0) is 59.3. The highest BCUT2D eigenvalue weighted by Gasteiger charge is 2.51. The van der Waals surface area contributed by atoms with E-state index in [0.717, 1.165) is 41.8 Å². The molecule has 8 aromatic carbocycles. The van der Waals surface area contributed by atoms with Gasteiger partial charge in [-0.3, -0.25) is 0 Å². The first-order valence-electron chi connectivity index (χ1n) is 31.6. The van der Waals surface area contributed by atoms with E-state index in [1.54, 1.807) is 11.1 Å². The number of para-hydroxylation sites is 2. The quantitative estimate of drug-likeness (QED) is 0.0481. The Morgan fingerprint density at radius 1 is 0.381 bits per heavy atom. The maximum atomic E-state index is 13.5. The molecule has 8 aromatic rings. The molecule has 0 spiro atoms. The highest BCUT2D eigenvalue weighted by atomic mass is 16.2. The van der Waals surface area contributed by atoms with Crippen molar-refractivity contribution in [2.24, 2.45) is 0 Å². The minimum absolute atomic E-state index is 0.0247. The number of aryl methyl sites for hydroxylation is 1. The number of hydrogen-bond donors (Lipinski definition) is 4. The van der Waals surface area contributed by atoms with Crippen LogP contribution in [-0.4, -0.2) is 12.1 Å². The molecular formula is C78H90N4O2. The number of benzene rings is 8. The number of carbonyl (C=O) groups is 2. The van der Waals surface area contributed by atoms with E-state index in [2.05, 4.69) is 188 Å². The van der Waals surface area contributed by atoms with Gasteiger partial charge in [0.1, 0.15) is 0 Å². The average molecular weight is 1120 g/mol. The number of anilines is 4. The second kappa shape index (κ2) is 24.9. The molecule has 0 aliphatic heterocycles. The van der Waals surface area contributed by atoms with Gasteiger partial charge in [-0.25, -0.2) is 9.59 Å². The van der Waals surface area contributed by atoms with Crippen LogP contribution in [-0.2, 0) is 27.1 Å². The molecule has 0 saturated carbocycles. The van der Waals surface area contributed by atoms with Crippen molar-refractivity contribution in [3.63, 3.8) is 0 Å². The third-order valence-corrected chi connectivity index (χ3v) is 20.4. The zero-order valence-electron chi connectivity index (χ0n) is 51.8. The maximum Gasteiger partial charge on any atom is 0.323 e. The summed E-state index contributed by atoms with van der Waals surface area (Å²) in [4.78, 5) is 27.0. The first-order chi connectivity index (χ1) is 40.6. The Kier molecular flexibility index (Phi) is 17.6. The molecule has 4 N–H and O–H groups in total. The van der Waals surface area contributed by atoms with E-state index >= 15 is 0 Å². The van der Waals surface area contributed by atoms with E-state index in [0.29, 0.717) is 11.4 Å². The van der Waals surface area contributed by atoms with Crippen LogP contribution < -0.4 is 21.3 Å². The van der Waals surface area contributed by atoms with Crippen LogP contribution in [0.25, 0.3) is 22.3 Å². The molecule has 434 valence electrons. The number of nitrogens with one attached hydrogen (secondary N) is 4. The highest BCUT2D eigenvalue weighted by molar-refractivity contribution is 6.01. The third kappa shape index (κ3) is 11.0. The van der Waals surface area contributed by atoms with E-state index in [-0.39, 0.29) is 33.7 Å². The fraction of sp³-hybridized carbons (Fsp3) is 0.359. The highest BCUT2D eigenvalue weighted by Crippen LogP contribution is 2.61. The average Bonchev–Trinajstić information content (AvgIpc) is 1.73. The molecule has 0 aromatic heterocycles. The predicted molar refractivity (Wildman–Crippen MR) is 355 cm³/mol. The lowest BCUT2D eigenvalue weighted by molar-refractivity contribution is 0.234. The summed E-state index contributed by atoms with van der Waals surface area (Å²) < 4.78 is 0. The Morgan fingerprint density at radius 2 is 0.750 bits per heavy atom. The maximum absolute atomic E-state index is 13.5. The lowest BCUT2D eigenvalue weighted by Crippen LogP contribution is -2.45. The van der Waals surface area contributed by atoms with Gasteiger partial charge in [0, 0.05) is 39.0 Å². The fourth-order valence-corrected chi connectivity index (χ4v) is 14.5. The summed E-state index contributed by atoms with van der Waals surface area (Å²) in [5.74, 6) is 0. The standard InChI is InChI=1S/C78H90N4O2/c1-11-16-18-26-48-77(49-27-19-17-12-2)68-50-54(6)32-44-64(68)65-46-38-58(52-69(65)77)75(9,14-4)76(10,15-5)59-39-47-67-66-45-37-57(74(7,8)13-3)51-70(66)78(71(67)53-59,55-33-40-62(41-34-55)81-72(83)79-60-28-22-20-23-29-60)56-35-42-63(43-36-56)82-73(84)80-61-30-24-21-25-31-61/h20-25,28-47,50-53H,11-19,26-27,48-49H2,1-10H3,(H2,79,81,83)(H2,80,82,84). The largest absolute Gasteiger partial charge is 0.323 e. The molecule has 0 bridgehead atoms. The Balaban J connectivity index is 1.14. The van der Waals surface area contributed by atoms with E-state index in [9.17, 15) is 9.59 Å². The van der Waals surface area contributed by atoms with Crippen molar-refractivity contribution in [2.45, 2.75) is 180 Å². The molecule has 84 heavy (non-hydrogen) atoms. The molecule has 0 saturated heterocycles. The topological polar surface area (TPSA) is 82.3 Å². The van der Waals surface area contributed by atoms with Crippen molar-refractivity contribution < 1.29 is 9.59 Å². The van der Waals surface area contributed by atoms with Crippen molar-refractivity contribution in [1.82, 2.24) is 0 Å². The lowest BCUT2D eigenvalue weighted by atomic mass is 9.55. The van der Waals surface area contributed by atoms with Crippen LogP contribution in [0.1, 0.15) is 201 Å². The number of carbonyl (C=O) groups excluding carboxylic acids is 2. The number of fused-ring (bicyclic) bond motifs is 6. The summed E-state index contributed by atoms with van der Waals surface area (Å²) in [6, 6.07) is 65.1. The Labute approximate surface area is 502 Å². The van der Waals surface area contributed by atoms with Gasteiger partial charge in [0.2, 0.25) is 0 Å². The van der Waals surface area contributed by atoms with Crippen molar-refractivity contribution >= 4 is 34.8 Å². The Bertz CT molecular complexity index is 3490. The summed E-state index contributed by atoms with van der Waals surface area (Å²) in [5.41, 5.74) is 19.7. The molecule has 2 aliphatic rings. The van der Waals surface area contributed by atoms with E-state index < -0.39 is 5.41 Å². The minimum Gasteiger partial charge on any atom is -0.308 e. The third-order valence-electron chi connectivity index (χ3n) is 20.4. The molecule has 6 nitrogen and oxygen atoms in total. The van der Waals surface area contributed by atoms with E-state index in [1.807, 2.05) is 84.9 Å². The summed E-state index contributed by atoms with van der Waals surface area (Å²) in [5, 5.41) is 12.2. The van der Waals surface area contributed by atoms with Gasteiger partial charge < -0.3 is 21.3 Å². The van der Waals surface area contributed by atoms with Crippen molar-refractivity contribution in [3.05, 3.63) is 238 Å². The van der Waals surface area contributed by atoms with Crippen molar-refractivity contribution in [3.8, 4) is 22.3 Å². The van der Waals surface area contributed by atoms with Crippen LogP contribution in [0, 0.1) is 6.92 Å². The molecule has 4 amide bonds. The Morgan fingerprint density at radius 3 is 1.17 bits per heavy atom. The van der Waals surface area contributed by atoms with Gasteiger partial charge in [0.15, 0.2) is 0 Å². The van der Waals surface area contributed by atoms with Crippen LogP contribution in [0.15, 0.2) is 182 Å². The smallest absolute Gasteiger partial charge is 0.308 e. The lowest BCUT2D eigenvalue weighted by Gasteiger charge is -2.48. The summed E-state index contributed by atoms with van der Waals surface area (Å²) in [6.07, 6.45) is 15.3. The van der Waals surface area contributed by atoms with Crippen LogP contribution >= 0.6 is 0 Å². The molecular weight excluding hydrogens is 1020 g/mol. The molecule has 2 unspecified atom stereocenters. The molecule has 0 radical (unpaired) electrons. The van der Waals surface area contributed by atoms with E-state index in [1.165, 1.54) is 120 Å². The first kappa shape index (κ1) is 59.5. The number of unbranched alkanes of at least 4 members (excludes halogenated alkanes) is 6. The van der Waals surface area contributed by atoms with Crippen LogP contribution in [0.5, 0.6) is 0 Å². The van der Waals surface area contributed by atoms with Crippen LogP contribution in [0.4, 0.5) is 32.3 Å². The summed E-state index contributed by atoms with van der Waals surface area (Å²) in [6.45, 7) is 23.8. The number of amides is 4. The molecule has 0 fully saturated rings. The number of hydrogen-bond acceptors (Lipinski definition) is 2. The second-order valence-electron chi connectivity index (χ2n) is 25.4. The second-order valence-corrected chi connectivity index (χ2v) is 25.4. The van der Waals surface area contributed by atoms with Gasteiger partial charge in [-0.05, 0) is 165 Å². The minimum atomic E-state index is -0.805.